The highest BCUT2D eigenvalue weighted by atomic mass is 32.3. The summed E-state index contributed by atoms with van der Waals surface area (Å²) in [6.45, 7) is 5.16. The third kappa shape index (κ3) is 6.15. The summed E-state index contributed by atoms with van der Waals surface area (Å²) in [5.41, 5.74) is 6.47. The van der Waals surface area contributed by atoms with Gasteiger partial charge in [0, 0.05) is 24.9 Å². The van der Waals surface area contributed by atoms with E-state index in [1.165, 1.54) is 0 Å². The van der Waals surface area contributed by atoms with Gasteiger partial charge in [-0.25, -0.2) is 14.3 Å². The van der Waals surface area contributed by atoms with Gasteiger partial charge in [-0.3, -0.25) is 13.9 Å². The number of benzene rings is 2. The van der Waals surface area contributed by atoms with Crippen LogP contribution in [0.2, 0.25) is 0 Å². The quantitative estimate of drug-likeness (QED) is 0.323. The van der Waals surface area contributed by atoms with Gasteiger partial charge < -0.3 is 11.1 Å². The van der Waals surface area contributed by atoms with E-state index in [1.54, 1.807) is 12.1 Å². The summed E-state index contributed by atoms with van der Waals surface area (Å²) in [5.74, 6) is 1.26. The van der Waals surface area contributed by atoms with E-state index in [0.717, 1.165) is 42.4 Å². The van der Waals surface area contributed by atoms with Crippen LogP contribution in [0.4, 0.5) is 5.82 Å². The molecule has 194 valence electrons. The Hall–Kier alpha value is -2.72. The summed E-state index contributed by atoms with van der Waals surface area (Å²) in [7, 11) is -3.01. The molecule has 1 fully saturated rings. The third-order valence-electron chi connectivity index (χ3n) is 6.86. The number of carbonyl (C=O) groups excluding carboxylic acids is 1. The summed E-state index contributed by atoms with van der Waals surface area (Å²) < 4.78 is 23.9. The number of fused-ring (bicyclic) bond motifs is 1. The standard InChI is InChI=1S/C27H37N5O3S/c1-19(2)25(26(28)33)31-27-22-13-6-7-14-23(22)29-24(30-27)18-20-10-8-9-16-32(17-15-20)36(34,35)21-11-4-3-5-12-21/h3-7,11-14,19-20,25,34-35H,8-10,15-18H2,1-2H3,(H2,28,33)(H,29,30,31)/t20?,25-/m0/s1. The lowest BCUT2D eigenvalue weighted by Gasteiger charge is -2.44. The highest BCUT2D eigenvalue weighted by Crippen LogP contribution is 2.52. The Balaban J connectivity index is 1.54. The number of nitrogens with two attached hydrogens (primary N) is 1. The van der Waals surface area contributed by atoms with Crippen LogP contribution in [0.25, 0.3) is 10.9 Å². The highest BCUT2D eigenvalue weighted by molar-refractivity contribution is 8.22. The fraction of sp³-hybridized carbons (Fsp3) is 0.444. The van der Waals surface area contributed by atoms with Gasteiger partial charge in [-0.2, -0.15) is 0 Å². The van der Waals surface area contributed by atoms with Crippen LogP contribution in [0.5, 0.6) is 0 Å². The smallest absolute Gasteiger partial charge is 0.240 e. The Morgan fingerprint density at radius 2 is 1.78 bits per heavy atom. The third-order valence-corrected chi connectivity index (χ3v) is 8.85. The van der Waals surface area contributed by atoms with Crippen LogP contribution >= 0.6 is 10.8 Å². The molecule has 1 unspecified atom stereocenters. The van der Waals surface area contributed by atoms with Crippen molar-refractivity contribution in [1.29, 1.82) is 0 Å². The van der Waals surface area contributed by atoms with Crippen LogP contribution in [0.3, 0.4) is 0 Å². The molecule has 4 rings (SSSR count). The predicted molar refractivity (Wildman–Crippen MR) is 146 cm³/mol. The zero-order chi connectivity index (χ0) is 25.7. The van der Waals surface area contributed by atoms with Gasteiger partial charge in [0.15, 0.2) is 0 Å². The van der Waals surface area contributed by atoms with Gasteiger partial charge in [-0.05, 0) is 55.4 Å². The lowest BCUT2D eigenvalue weighted by molar-refractivity contribution is -0.119. The molecule has 0 radical (unpaired) electrons. The second-order valence-corrected chi connectivity index (χ2v) is 11.9. The van der Waals surface area contributed by atoms with Gasteiger partial charge in [0.1, 0.15) is 17.7 Å². The normalized spacial score (nSPS) is 19.0. The van der Waals surface area contributed by atoms with Crippen molar-refractivity contribution in [3.63, 3.8) is 0 Å². The molecule has 2 atom stereocenters. The number of anilines is 1. The first-order chi connectivity index (χ1) is 17.3. The minimum absolute atomic E-state index is 0.0145. The van der Waals surface area contributed by atoms with Gasteiger partial charge in [0.25, 0.3) is 0 Å². The minimum Gasteiger partial charge on any atom is -0.368 e. The maximum atomic E-state index is 12.0. The van der Waals surface area contributed by atoms with Crippen molar-refractivity contribution in [2.24, 2.45) is 17.6 Å². The summed E-state index contributed by atoms with van der Waals surface area (Å²) in [4.78, 5) is 22.3. The number of primary amides is 1. The number of carbonyl (C=O) groups is 1. The Labute approximate surface area is 214 Å². The molecule has 0 spiro atoms. The number of hydrogen-bond donors (Lipinski definition) is 4. The van der Waals surface area contributed by atoms with E-state index in [2.05, 4.69) is 5.32 Å². The molecule has 0 saturated carbocycles. The highest BCUT2D eigenvalue weighted by Gasteiger charge is 2.28. The molecule has 2 aromatic carbocycles. The molecule has 2 heterocycles. The molecule has 0 aliphatic carbocycles. The first kappa shape index (κ1) is 26.3. The molecule has 1 aliphatic heterocycles. The molecule has 8 nitrogen and oxygen atoms in total. The van der Waals surface area contributed by atoms with Crippen LogP contribution in [0.15, 0.2) is 59.5 Å². The van der Waals surface area contributed by atoms with Crippen LogP contribution in [-0.2, 0) is 11.2 Å². The number of rotatable bonds is 8. The molecule has 3 aromatic rings. The van der Waals surface area contributed by atoms with Crippen LogP contribution < -0.4 is 11.1 Å². The number of aromatic nitrogens is 2. The predicted octanol–water partition coefficient (Wildman–Crippen LogP) is 5.31. The molecule has 9 heteroatoms. The molecule has 5 N–H and O–H groups in total. The van der Waals surface area contributed by atoms with E-state index < -0.39 is 22.7 Å². The topological polar surface area (TPSA) is 125 Å². The Kier molecular flexibility index (Phi) is 8.46. The average molecular weight is 512 g/mol. The lowest BCUT2D eigenvalue weighted by Crippen LogP contribution is -2.40. The summed E-state index contributed by atoms with van der Waals surface area (Å²) in [6.07, 6.45) is 4.44. The van der Waals surface area contributed by atoms with Crippen molar-refractivity contribution in [3.8, 4) is 0 Å². The van der Waals surface area contributed by atoms with E-state index in [0.29, 0.717) is 36.1 Å². The summed E-state index contributed by atoms with van der Waals surface area (Å²) in [6, 6.07) is 16.3. The minimum atomic E-state index is -3.01. The average Bonchev–Trinajstić information content (AvgIpc) is 2.84. The van der Waals surface area contributed by atoms with Gasteiger partial charge in [0.2, 0.25) is 5.91 Å². The number of para-hydroxylation sites is 1. The van der Waals surface area contributed by atoms with Crippen molar-refractivity contribution in [1.82, 2.24) is 14.3 Å². The first-order valence-electron chi connectivity index (χ1n) is 12.7. The van der Waals surface area contributed by atoms with Gasteiger partial charge in [-0.15, -0.1) is 10.8 Å². The number of hydrogen-bond acceptors (Lipinski definition) is 7. The molecule has 1 aromatic heterocycles. The zero-order valence-electron chi connectivity index (χ0n) is 21.0. The number of nitrogens with zero attached hydrogens (tertiary/aromatic N) is 3. The van der Waals surface area contributed by atoms with Crippen molar-refractivity contribution >= 4 is 33.4 Å². The number of nitrogens with one attached hydrogen (secondary N) is 1. The van der Waals surface area contributed by atoms with Crippen molar-refractivity contribution in [2.75, 3.05) is 18.4 Å². The maximum Gasteiger partial charge on any atom is 0.240 e. The molecule has 1 saturated heterocycles. The van der Waals surface area contributed by atoms with E-state index in [-0.39, 0.29) is 5.92 Å². The van der Waals surface area contributed by atoms with Crippen LogP contribution in [-0.4, -0.2) is 48.4 Å². The fourth-order valence-corrected chi connectivity index (χ4v) is 6.38. The second kappa shape index (κ2) is 11.6. The SMILES string of the molecule is CC(C)[C@H](Nc1nc(CC2CCCCN(S(O)(O)c3ccccc3)CC2)nc2ccccc12)C(N)=O. The number of amides is 1. The van der Waals surface area contributed by atoms with Gasteiger partial charge in [0.05, 0.1) is 10.4 Å². The first-order valence-corrected chi connectivity index (χ1v) is 14.2. The van der Waals surface area contributed by atoms with E-state index in [1.807, 2.05) is 60.6 Å². The Bertz CT molecular complexity index is 1170. The second-order valence-electron chi connectivity index (χ2n) is 9.89. The molecule has 0 bridgehead atoms. The molecular weight excluding hydrogens is 474 g/mol. The summed E-state index contributed by atoms with van der Waals surface area (Å²) in [5, 5.41) is 4.12. The van der Waals surface area contributed by atoms with Gasteiger partial charge in [-0.1, -0.05) is 50.6 Å². The molecular formula is C27H37N5O3S. The van der Waals surface area contributed by atoms with Gasteiger partial charge >= 0.3 is 0 Å². The molecule has 1 amide bonds. The van der Waals surface area contributed by atoms with Crippen LogP contribution in [0, 0.1) is 11.8 Å². The van der Waals surface area contributed by atoms with Crippen molar-refractivity contribution < 1.29 is 13.9 Å². The van der Waals surface area contributed by atoms with Crippen LogP contribution in [0.1, 0.15) is 45.4 Å². The Morgan fingerprint density at radius 3 is 2.50 bits per heavy atom. The monoisotopic (exact) mass is 511 g/mol. The molecule has 36 heavy (non-hydrogen) atoms. The van der Waals surface area contributed by atoms with E-state index >= 15 is 0 Å². The van der Waals surface area contributed by atoms with E-state index in [9.17, 15) is 13.9 Å². The maximum absolute atomic E-state index is 12.0. The van der Waals surface area contributed by atoms with Crippen molar-refractivity contribution in [2.45, 2.75) is 56.9 Å². The van der Waals surface area contributed by atoms with Crippen molar-refractivity contribution in [3.05, 3.63) is 60.4 Å². The lowest BCUT2D eigenvalue weighted by atomic mass is 9.93. The zero-order valence-corrected chi connectivity index (χ0v) is 21.8. The van der Waals surface area contributed by atoms with E-state index in [4.69, 9.17) is 15.7 Å². The largest absolute Gasteiger partial charge is 0.368 e. The summed E-state index contributed by atoms with van der Waals surface area (Å²) >= 11 is 0. The Morgan fingerprint density at radius 1 is 1.06 bits per heavy atom. The fourth-order valence-electron chi connectivity index (χ4n) is 4.81. The molecule has 1 aliphatic rings.